The van der Waals surface area contributed by atoms with Crippen LogP contribution in [-0.2, 0) is 0 Å². The molecule has 1 heterocycles. The molecular formula is C14H10ClN3O2. The van der Waals surface area contributed by atoms with Crippen LogP contribution >= 0.6 is 11.6 Å². The van der Waals surface area contributed by atoms with Gasteiger partial charge in [-0.1, -0.05) is 28.8 Å². The summed E-state index contributed by atoms with van der Waals surface area (Å²) in [6.07, 6.45) is 0. The van der Waals surface area contributed by atoms with Crippen molar-refractivity contribution in [1.82, 2.24) is 10.2 Å². The number of benzene rings is 2. The lowest BCUT2D eigenvalue weighted by molar-refractivity contribution is 0.473. The number of nitrogens with zero attached hydrogens (tertiary/aromatic N) is 2. The van der Waals surface area contributed by atoms with Crippen LogP contribution in [0.5, 0.6) is 5.75 Å². The van der Waals surface area contributed by atoms with E-state index in [2.05, 4.69) is 15.5 Å². The summed E-state index contributed by atoms with van der Waals surface area (Å²) in [6.45, 7) is 0. The van der Waals surface area contributed by atoms with Crippen molar-refractivity contribution in [2.45, 2.75) is 0 Å². The molecule has 6 heteroatoms. The third kappa shape index (κ3) is 2.57. The van der Waals surface area contributed by atoms with Crippen LogP contribution in [0.4, 0.5) is 11.7 Å². The second-order valence-electron chi connectivity index (χ2n) is 4.06. The van der Waals surface area contributed by atoms with E-state index >= 15 is 0 Å². The van der Waals surface area contributed by atoms with Gasteiger partial charge < -0.3 is 14.8 Å². The average molecular weight is 288 g/mol. The van der Waals surface area contributed by atoms with Crippen molar-refractivity contribution in [3.8, 4) is 17.2 Å². The van der Waals surface area contributed by atoms with Gasteiger partial charge in [0.05, 0.1) is 5.56 Å². The lowest BCUT2D eigenvalue weighted by Crippen LogP contribution is -1.89. The minimum Gasteiger partial charge on any atom is -0.507 e. The maximum atomic E-state index is 9.73. The molecule has 0 unspecified atom stereocenters. The van der Waals surface area contributed by atoms with Crippen LogP contribution in [0.25, 0.3) is 11.5 Å². The SMILES string of the molecule is Oc1ccccc1-c1nnc(Nc2ccc(Cl)cc2)o1. The number of phenols is 1. The molecule has 0 spiro atoms. The van der Waals surface area contributed by atoms with Crippen molar-refractivity contribution in [1.29, 1.82) is 0 Å². The average Bonchev–Trinajstić information content (AvgIpc) is 2.90. The second kappa shape index (κ2) is 5.22. The highest BCUT2D eigenvalue weighted by Gasteiger charge is 2.11. The molecule has 0 aliphatic rings. The van der Waals surface area contributed by atoms with Crippen molar-refractivity contribution in [2.75, 3.05) is 5.32 Å². The van der Waals surface area contributed by atoms with E-state index in [-0.39, 0.29) is 17.7 Å². The minimum atomic E-state index is 0.0918. The van der Waals surface area contributed by atoms with Crippen LogP contribution in [0.2, 0.25) is 5.02 Å². The number of nitrogens with one attached hydrogen (secondary N) is 1. The zero-order chi connectivity index (χ0) is 13.9. The van der Waals surface area contributed by atoms with E-state index in [0.29, 0.717) is 10.6 Å². The molecule has 0 atom stereocenters. The van der Waals surface area contributed by atoms with Gasteiger partial charge in [-0.2, -0.15) is 0 Å². The third-order valence-electron chi connectivity index (χ3n) is 2.65. The molecule has 0 radical (unpaired) electrons. The van der Waals surface area contributed by atoms with Gasteiger partial charge in [0.25, 0.3) is 5.89 Å². The molecule has 0 aliphatic heterocycles. The normalized spacial score (nSPS) is 10.4. The van der Waals surface area contributed by atoms with Gasteiger partial charge in [0, 0.05) is 10.7 Å². The first-order valence-corrected chi connectivity index (χ1v) is 6.24. The van der Waals surface area contributed by atoms with Gasteiger partial charge >= 0.3 is 6.01 Å². The number of hydrogen-bond donors (Lipinski definition) is 2. The standard InChI is InChI=1S/C14H10ClN3O2/c15-9-5-7-10(8-6-9)16-14-18-17-13(20-14)11-3-1-2-4-12(11)19/h1-8,19H,(H,16,18). The number of hydrogen-bond acceptors (Lipinski definition) is 5. The molecule has 2 aromatic carbocycles. The Morgan fingerprint density at radius 1 is 1.00 bits per heavy atom. The van der Waals surface area contributed by atoms with Crippen molar-refractivity contribution in [3.63, 3.8) is 0 Å². The van der Waals surface area contributed by atoms with Gasteiger partial charge in [-0.3, -0.25) is 0 Å². The first-order valence-electron chi connectivity index (χ1n) is 5.87. The number of aromatic nitrogens is 2. The maximum absolute atomic E-state index is 9.73. The summed E-state index contributed by atoms with van der Waals surface area (Å²) in [7, 11) is 0. The van der Waals surface area contributed by atoms with Crippen molar-refractivity contribution < 1.29 is 9.52 Å². The molecular weight excluding hydrogens is 278 g/mol. The number of phenolic OH excluding ortho intramolecular Hbond substituents is 1. The van der Waals surface area contributed by atoms with Crippen LogP contribution in [0.1, 0.15) is 0 Å². The van der Waals surface area contributed by atoms with E-state index in [1.807, 2.05) is 0 Å². The first kappa shape index (κ1) is 12.5. The van der Waals surface area contributed by atoms with Crippen LogP contribution in [-0.4, -0.2) is 15.3 Å². The fourth-order valence-electron chi connectivity index (χ4n) is 1.69. The molecule has 3 rings (SSSR count). The Hall–Kier alpha value is -2.53. The Morgan fingerprint density at radius 2 is 1.75 bits per heavy atom. The molecule has 100 valence electrons. The van der Waals surface area contributed by atoms with Gasteiger partial charge in [0.1, 0.15) is 5.75 Å². The van der Waals surface area contributed by atoms with E-state index in [1.165, 1.54) is 0 Å². The second-order valence-corrected chi connectivity index (χ2v) is 4.50. The van der Waals surface area contributed by atoms with E-state index in [4.69, 9.17) is 16.0 Å². The lowest BCUT2D eigenvalue weighted by atomic mass is 10.2. The molecule has 0 amide bonds. The third-order valence-corrected chi connectivity index (χ3v) is 2.91. The Balaban J connectivity index is 1.84. The largest absolute Gasteiger partial charge is 0.507 e. The molecule has 0 saturated carbocycles. The zero-order valence-electron chi connectivity index (χ0n) is 10.2. The van der Waals surface area contributed by atoms with Crippen molar-refractivity contribution in [3.05, 3.63) is 53.6 Å². The van der Waals surface area contributed by atoms with Gasteiger partial charge in [-0.25, -0.2) is 0 Å². The fourth-order valence-corrected chi connectivity index (χ4v) is 1.82. The molecule has 5 nitrogen and oxygen atoms in total. The minimum absolute atomic E-state index is 0.0918. The molecule has 2 N–H and O–H groups in total. The predicted molar refractivity (Wildman–Crippen MR) is 76.1 cm³/mol. The van der Waals surface area contributed by atoms with Gasteiger partial charge in [0.15, 0.2) is 0 Å². The smallest absolute Gasteiger partial charge is 0.320 e. The van der Waals surface area contributed by atoms with Crippen LogP contribution in [0.3, 0.4) is 0 Å². The van der Waals surface area contributed by atoms with Crippen LogP contribution in [0, 0.1) is 0 Å². The molecule has 0 fully saturated rings. The number of rotatable bonds is 3. The molecule has 1 aromatic heterocycles. The molecule has 0 saturated heterocycles. The zero-order valence-corrected chi connectivity index (χ0v) is 11.0. The Kier molecular flexibility index (Phi) is 3.26. The number of anilines is 2. The topological polar surface area (TPSA) is 71.2 Å². The molecule has 0 aliphatic carbocycles. The van der Waals surface area contributed by atoms with Crippen LogP contribution < -0.4 is 5.32 Å². The van der Waals surface area contributed by atoms with E-state index < -0.39 is 0 Å². The molecule has 0 bridgehead atoms. The number of para-hydroxylation sites is 1. The van der Waals surface area contributed by atoms with Gasteiger partial charge in [-0.05, 0) is 36.4 Å². The van der Waals surface area contributed by atoms with Crippen LogP contribution in [0.15, 0.2) is 52.9 Å². The summed E-state index contributed by atoms with van der Waals surface area (Å²) in [5.41, 5.74) is 1.27. The summed E-state index contributed by atoms with van der Waals surface area (Å²) in [5, 5.41) is 21.1. The Morgan fingerprint density at radius 3 is 2.50 bits per heavy atom. The highest BCUT2D eigenvalue weighted by Crippen LogP contribution is 2.29. The van der Waals surface area contributed by atoms with Crippen molar-refractivity contribution >= 4 is 23.3 Å². The maximum Gasteiger partial charge on any atom is 0.320 e. The summed E-state index contributed by atoms with van der Waals surface area (Å²) in [4.78, 5) is 0. The highest BCUT2D eigenvalue weighted by atomic mass is 35.5. The van der Waals surface area contributed by atoms with E-state index in [1.54, 1.807) is 48.5 Å². The quantitative estimate of drug-likeness (QED) is 0.766. The Labute approximate surface area is 119 Å². The summed E-state index contributed by atoms with van der Waals surface area (Å²) in [6, 6.07) is 14.1. The van der Waals surface area contributed by atoms with E-state index in [9.17, 15) is 5.11 Å². The summed E-state index contributed by atoms with van der Waals surface area (Å²) >= 11 is 5.81. The van der Waals surface area contributed by atoms with Crippen molar-refractivity contribution in [2.24, 2.45) is 0 Å². The van der Waals surface area contributed by atoms with E-state index in [0.717, 1.165) is 5.69 Å². The van der Waals surface area contributed by atoms with Gasteiger partial charge in [-0.15, -0.1) is 5.10 Å². The summed E-state index contributed by atoms with van der Waals surface area (Å²) in [5.74, 6) is 0.341. The Bertz CT molecular complexity index is 725. The fraction of sp³-hybridized carbons (Fsp3) is 0. The first-order chi connectivity index (χ1) is 9.72. The van der Waals surface area contributed by atoms with Gasteiger partial charge in [0.2, 0.25) is 0 Å². The molecule has 3 aromatic rings. The number of aromatic hydroxyl groups is 1. The predicted octanol–water partition coefficient (Wildman–Crippen LogP) is 3.84. The lowest BCUT2D eigenvalue weighted by Gasteiger charge is -2.00. The monoisotopic (exact) mass is 287 g/mol. The number of halogens is 1. The molecule has 20 heavy (non-hydrogen) atoms. The highest BCUT2D eigenvalue weighted by molar-refractivity contribution is 6.30. The summed E-state index contributed by atoms with van der Waals surface area (Å²) < 4.78 is 5.46.